The molecule has 0 bridgehead atoms. The van der Waals surface area contributed by atoms with Gasteiger partial charge in [-0.15, -0.1) is 0 Å². The fourth-order valence-corrected chi connectivity index (χ4v) is 1.98. The van der Waals surface area contributed by atoms with Crippen molar-refractivity contribution in [2.24, 2.45) is 5.92 Å². The Morgan fingerprint density at radius 3 is 2.56 bits per heavy atom. The summed E-state index contributed by atoms with van der Waals surface area (Å²) in [5.74, 6) is 0.729. The van der Waals surface area contributed by atoms with Crippen LogP contribution in [0.3, 0.4) is 0 Å². The quantitative estimate of drug-likeness (QED) is 0.907. The minimum absolute atomic E-state index is 0.203. The van der Waals surface area contributed by atoms with Crippen LogP contribution in [0, 0.1) is 5.92 Å². The molecule has 3 nitrogen and oxygen atoms in total. The molecule has 18 heavy (non-hydrogen) atoms. The number of fused-ring (bicyclic) bond motifs is 1. The second kappa shape index (κ2) is 4.84. The molecule has 1 aliphatic heterocycles. The Morgan fingerprint density at radius 2 is 1.94 bits per heavy atom. The second-order valence-electron chi connectivity index (χ2n) is 4.95. The molecular formula is C12H16F3N3. The third-order valence-electron chi connectivity index (χ3n) is 2.95. The Balaban J connectivity index is 2.34. The first-order valence-electron chi connectivity index (χ1n) is 6.04. The molecule has 2 heterocycles. The highest BCUT2D eigenvalue weighted by Gasteiger charge is 2.38. The van der Waals surface area contributed by atoms with Crippen molar-refractivity contribution in [1.82, 2.24) is 15.3 Å². The van der Waals surface area contributed by atoms with Crippen LogP contribution in [-0.2, 0) is 25.7 Å². The van der Waals surface area contributed by atoms with E-state index < -0.39 is 11.9 Å². The molecule has 0 aliphatic carbocycles. The SMILES string of the molecule is CC(C)CCc1nc2c(c(C(F)(F)F)n1)CNC2. The van der Waals surface area contributed by atoms with E-state index in [1.165, 1.54) is 0 Å². The Morgan fingerprint density at radius 1 is 1.22 bits per heavy atom. The molecule has 6 heteroatoms. The van der Waals surface area contributed by atoms with E-state index in [-0.39, 0.29) is 12.1 Å². The molecule has 0 atom stereocenters. The third kappa shape index (κ3) is 2.80. The maximum atomic E-state index is 12.9. The summed E-state index contributed by atoms with van der Waals surface area (Å²) < 4.78 is 38.7. The van der Waals surface area contributed by atoms with E-state index in [9.17, 15) is 13.2 Å². The maximum absolute atomic E-state index is 12.9. The highest BCUT2D eigenvalue weighted by Crippen LogP contribution is 2.33. The number of nitrogens with zero attached hydrogens (tertiary/aromatic N) is 2. The summed E-state index contributed by atoms with van der Waals surface area (Å²) in [6.45, 7) is 4.66. The maximum Gasteiger partial charge on any atom is 0.433 e. The van der Waals surface area contributed by atoms with Gasteiger partial charge in [-0.3, -0.25) is 0 Å². The summed E-state index contributed by atoms with van der Waals surface area (Å²) in [6.07, 6.45) is -3.11. The molecule has 1 aromatic rings. The Labute approximate surface area is 104 Å². The molecule has 0 fully saturated rings. The van der Waals surface area contributed by atoms with Gasteiger partial charge >= 0.3 is 6.18 Å². The Hall–Kier alpha value is -1.17. The largest absolute Gasteiger partial charge is 0.433 e. The van der Waals surface area contributed by atoms with Crippen molar-refractivity contribution in [1.29, 1.82) is 0 Å². The van der Waals surface area contributed by atoms with E-state index in [1.807, 2.05) is 13.8 Å². The van der Waals surface area contributed by atoms with Crippen molar-refractivity contribution in [2.75, 3.05) is 0 Å². The normalized spacial score (nSPS) is 15.2. The fraction of sp³-hybridized carbons (Fsp3) is 0.667. The lowest BCUT2D eigenvalue weighted by molar-refractivity contribution is -0.142. The second-order valence-corrected chi connectivity index (χ2v) is 4.95. The van der Waals surface area contributed by atoms with Crippen LogP contribution >= 0.6 is 0 Å². The summed E-state index contributed by atoms with van der Waals surface area (Å²) in [5.41, 5.74) is -0.0665. The zero-order valence-electron chi connectivity index (χ0n) is 10.4. The van der Waals surface area contributed by atoms with E-state index in [1.54, 1.807) is 0 Å². The van der Waals surface area contributed by atoms with Gasteiger partial charge in [0.25, 0.3) is 0 Å². The lowest BCUT2D eigenvalue weighted by Gasteiger charge is -2.12. The lowest BCUT2D eigenvalue weighted by Crippen LogP contribution is -2.16. The molecule has 1 aliphatic rings. The van der Waals surface area contributed by atoms with Crippen LogP contribution in [0.15, 0.2) is 0 Å². The summed E-state index contributed by atoms with van der Waals surface area (Å²) in [6, 6.07) is 0. The molecule has 0 amide bonds. The summed E-state index contributed by atoms with van der Waals surface area (Å²) in [7, 11) is 0. The lowest BCUT2D eigenvalue weighted by atomic mass is 10.1. The van der Waals surface area contributed by atoms with E-state index in [0.29, 0.717) is 30.4 Å². The number of aromatic nitrogens is 2. The average molecular weight is 259 g/mol. The van der Waals surface area contributed by atoms with Crippen molar-refractivity contribution in [2.45, 2.75) is 46.0 Å². The van der Waals surface area contributed by atoms with Gasteiger partial charge in [-0.25, -0.2) is 9.97 Å². The number of alkyl halides is 3. The number of hydrogen-bond acceptors (Lipinski definition) is 3. The van der Waals surface area contributed by atoms with Crippen LogP contribution in [0.2, 0.25) is 0 Å². The first-order chi connectivity index (χ1) is 8.38. The van der Waals surface area contributed by atoms with Crippen LogP contribution in [0.4, 0.5) is 13.2 Å². The fourth-order valence-electron chi connectivity index (χ4n) is 1.98. The molecule has 1 aromatic heterocycles. The molecule has 0 saturated carbocycles. The van der Waals surface area contributed by atoms with E-state index in [4.69, 9.17) is 0 Å². The molecule has 0 aromatic carbocycles. The summed E-state index contributed by atoms with van der Waals surface area (Å²) in [4.78, 5) is 7.94. The van der Waals surface area contributed by atoms with Crippen LogP contribution in [0.25, 0.3) is 0 Å². The highest BCUT2D eigenvalue weighted by atomic mass is 19.4. The van der Waals surface area contributed by atoms with Crippen molar-refractivity contribution in [3.63, 3.8) is 0 Å². The number of rotatable bonds is 3. The molecule has 0 saturated heterocycles. The predicted molar refractivity (Wildman–Crippen MR) is 60.7 cm³/mol. The van der Waals surface area contributed by atoms with Crippen molar-refractivity contribution >= 4 is 0 Å². The molecule has 0 radical (unpaired) electrons. The number of hydrogen-bond donors (Lipinski definition) is 1. The molecular weight excluding hydrogens is 243 g/mol. The predicted octanol–water partition coefficient (Wildman–Crippen LogP) is 2.69. The van der Waals surface area contributed by atoms with E-state index in [0.717, 1.165) is 6.42 Å². The minimum atomic E-state index is -4.40. The number of nitrogens with one attached hydrogen (secondary N) is 1. The standard InChI is InChI=1S/C12H16F3N3/c1-7(2)3-4-10-17-9-6-16-5-8(9)11(18-10)12(13,14)15/h7,16H,3-6H2,1-2H3. The van der Waals surface area contributed by atoms with Gasteiger partial charge in [-0.1, -0.05) is 13.8 Å². The monoisotopic (exact) mass is 259 g/mol. The Kier molecular flexibility index (Phi) is 3.56. The van der Waals surface area contributed by atoms with E-state index in [2.05, 4.69) is 15.3 Å². The summed E-state index contributed by atoms with van der Waals surface area (Å²) >= 11 is 0. The van der Waals surface area contributed by atoms with Crippen LogP contribution in [0.5, 0.6) is 0 Å². The van der Waals surface area contributed by atoms with Crippen LogP contribution in [-0.4, -0.2) is 9.97 Å². The zero-order chi connectivity index (χ0) is 13.3. The van der Waals surface area contributed by atoms with Gasteiger partial charge in [-0.2, -0.15) is 13.2 Å². The molecule has 1 N–H and O–H groups in total. The van der Waals surface area contributed by atoms with Gasteiger partial charge in [0.2, 0.25) is 0 Å². The van der Waals surface area contributed by atoms with Gasteiger partial charge in [0.15, 0.2) is 5.69 Å². The first kappa shape index (κ1) is 13.3. The van der Waals surface area contributed by atoms with Gasteiger partial charge in [0.05, 0.1) is 5.69 Å². The topological polar surface area (TPSA) is 37.8 Å². The van der Waals surface area contributed by atoms with Crippen LogP contribution in [0.1, 0.15) is 43.0 Å². The van der Waals surface area contributed by atoms with Crippen molar-refractivity contribution in [3.8, 4) is 0 Å². The Bertz CT molecular complexity index is 441. The van der Waals surface area contributed by atoms with Crippen LogP contribution < -0.4 is 5.32 Å². The molecule has 100 valence electrons. The summed E-state index contributed by atoms with van der Waals surface area (Å²) in [5, 5.41) is 2.89. The number of aryl methyl sites for hydroxylation is 1. The highest BCUT2D eigenvalue weighted by molar-refractivity contribution is 5.31. The first-order valence-corrected chi connectivity index (χ1v) is 6.04. The average Bonchev–Trinajstić information content (AvgIpc) is 2.71. The van der Waals surface area contributed by atoms with Crippen molar-refractivity contribution < 1.29 is 13.2 Å². The van der Waals surface area contributed by atoms with Gasteiger partial charge in [0.1, 0.15) is 5.82 Å². The third-order valence-corrected chi connectivity index (χ3v) is 2.95. The molecule has 2 rings (SSSR count). The van der Waals surface area contributed by atoms with Crippen molar-refractivity contribution in [3.05, 3.63) is 22.8 Å². The minimum Gasteiger partial charge on any atom is -0.307 e. The van der Waals surface area contributed by atoms with E-state index >= 15 is 0 Å². The van der Waals surface area contributed by atoms with Gasteiger partial charge in [0, 0.05) is 25.1 Å². The van der Waals surface area contributed by atoms with Gasteiger partial charge < -0.3 is 5.32 Å². The number of halogens is 3. The molecule has 0 spiro atoms. The zero-order valence-corrected chi connectivity index (χ0v) is 10.4. The molecule has 0 unspecified atom stereocenters. The van der Waals surface area contributed by atoms with Gasteiger partial charge in [-0.05, 0) is 12.3 Å². The smallest absolute Gasteiger partial charge is 0.307 e.